The summed E-state index contributed by atoms with van der Waals surface area (Å²) in [5.74, 6) is -0.322. The molecular weight excluding hydrogens is 501 g/mol. The van der Waals surface area contributed by atoms with Crippen LogP contribution in [0.4, 0.5) is 11.4 Å². The van der Waals surface area contributed by atoms with Gasteiger partial charge < -0.3 is 25.0 Å². The number of carbonyl (C=O) groups excluding carboxylic acids is 2. The van der Waals surface area contributed by atoms with E-state index >= 15 is 0 Å². The van der Waals surface area contributed by atoms with Crippen molar-refractivity contribution in [3.05, 3.63) is 89.5 Å². The molecule has 0 fully saturated rings. The average Bonchev–Trinajstić information content (AvgIpc) is 3.23. The fourth-order valence-corrected chi connectivity index (χ4v) is 5.86. The molecule has 0 bridgehead atoms. The number of anilines is 2. The minimum Gasteiger partial charge on any atom is -0.356 e. The molecular formula is C29H32N3O5P. The van der Waals surface area contributed by atoms with Crippen LogP contribution in [-0.2, 0) is 29.6 Å². The molecule has 1 aliphatic rings. The number of benzene rings is 3. The molecule has 0 aromatic heterocycles. The highest BCUT2D eigenvalue weighted by molar-refractivity contribution is 7.62. The molecule has 3 N–H and O–H groups in total. The molecule has 38 heavy (non-hydrogen) atoms. The first-order valence-electron chi connectivity index (χ1n) is 12.6. The number of amides is 2. The number of nitrogens with one attached hydrogen (secondary N) is 3. The van der Waals surface area contributed by atoms with E-state index in [4.69, 9.17) is 9.05 Å². The van der Waals surface area contributed by atoms with Crippen molar-refractivity contribution < 1.29 is 23.2 Å². The van der Waals surface area contributed by atoms with Gasteiger partial charge in [0.05, 0.1) is 29.8 Å². The first kappa shape index (κ1) is 27.3. The molecule has 0 saturated heterocycles. The van der Waals surface area contributed by atoms with E-state index in [1.165, 1.54) is 6.92 Å². The van der Waals surface area contributed by atoms with E-state index in [9.17, 15) is 14.2 Å². The maximum atomic E-state index is 13.5. The third-order valence-corrected chi connectivity index (χ3v) is 8.09. The topological polar surface area (TPSA) is 106 Å². The van der Waals surface area contributed by atoms with Gasteiger partial charge in [0.2, 0.25) is 5.91 Å². The van der Waals surface area contributed by atoms with Crippen molar-refractivity contribution in [2.24, 2.45) is 0 Å². The van der Waals surface area contributed by atoms with Crippen molar-refractivity contribution >= 4 is 47.4 Å². The molecule has 8 nitrogen and oxygen atoms in total. The van der Waals surface area contributed by atoms with Crippen LogP contribution in [0.15, 0.2) is 72.8 Å². The minimum atomic E-state index is -3.55. The van der Waals surface area contributed by atoms with E-state index in [0.29, 0.717) is 40.8 Å². The van der Waals surface area contributed by atoms with Crippen LogP contribution in [0.25, 0.3) is 11.3 Å². The number of carbonyl (C=O) groups is 2. The first-order chi connectivity index (χ1) is 18.3. The van der Waals surface area contributed by atoms with Crippen LogP contribution in [0, 0.1) is 0 Å². The molecule has 0 saturated carbocycles. The molecule has 3 aromatic carbocycles. The summed E-state index contributed by atoms with van der Waals surface area (Å²) >= 11 is 0. The lowest BCUT2D eigenvalue weighted by Crippen LogP contribution is -2.22. The Hall–Kier alpha value is -3.71. The van der Waals surface area contributed by atoms with E-state index in [1.807, 2.05) is 54.6 Å². The minimum absolute atomic E-state index is 0.0560. The quantitative estimate of drug-likeness (QED) is 0.231. The fraction of sp³-hybridized carbons (Fsp3) is 0.241. The second kappa shape index (κ2) is 12.2. The molecule has 198 valence electrons. The van der Waals surface area contributed by atoms with Crippen molar-refractivity contribution in [2.75, 3.05) is 30.4 Å². The van der Waals surface area contributed by atoms with E-state index < -0.39 is 7.60 Å². The molecule has 0 unspecified atom stereocenters. The Balaban J connectivity index is 1.75. The van der Waals surface area contributed by atoms with Gasteiger partial charge in [0, 0.05) is 30.4 Å². The van der Waals surface area contributed by atoms with Crippen molar-refractivity contribution in [3.8, 4) is 0 Å². The predicted octanol–water partition coefficient (Wildman–Crippen LogP) is 5.19. The second-order valence-corrected chi connectivity index (χ2v) is 10.7. The molecule has 9 heteroatoms. The predicted molar refractivity (Wildman–Crippen MR) is 151 cm³/mol. The normalized spacial score (nSPS) is 14.0. The van der Waals surface area contributed by atoms with Crippen molar-refractivity contribution in [3.63, 3.8) is 0 Å². The zero-order valence-electron chi connectivity index (χ0n) is 21.7. The summed E-state index contributed by atoms with van der Waals surface area (Å²) in [6.45, 7) is 6.04. The lowest BCUT2D eigenvalue weighted by molar-refractivity contribution is -0.119. The summed E-state index contributed by atoms with van der Waals surface area (Å²) in [4.78, 5) is 24.4. The SMILES string of the molecule is CCOP(=O)(OCC)c1ccc2c(c1)/C(=C(/Nc1ccc(CCNC(C)=O)cc1)c1ccccc1)C(=O)N2. The van der Waals surface area contributed by atoms with Gasteiger partial charge in [-0.15, -0.1) is 0 Å². The Labute approximate surface area is 223 Å². The highest BCUT2D eigenvalue weighted by atomic mass is 31.2. The van der Waals surface area contributed by atoms with Gasteiger partial charge >= 0.3 is 7.60 Å². The van der Waals surface area contributed by atoms with Crippen LogP contribution in [-0.4, -0.2) is 31.6 Å². The van der Waals surface area contributed by atoms with E-state index in [2.05, 4.69) is 16.0 Å². The summed E-state index contributed by atoms with van der Waals surface area (Å²) in [5.41, 5.74) is 4.99. The number of hydrogen-bond donors (Lipinski definition) is 3. The molecule has 0 aliphatic carbocycles. The van der Waals surface area contributed by atoms with Gasteiger partial charge in [0.15, 0.2) is 0 Å². The van der Waals surface area contributed by atoms with Crippen molar-refractivity contribution in [1.29, 1.82) is 0 Å². The van der Waals surface area contributed by atoms with E-state index in [0.717, 1.165) is 16.8 Å². The van der Waals surface area contributed by atoms with Crippen LogP contribution >= 0.6 is 7.60 Å². The highest BCUT2D eigenvalue weighted by Gasteiger charge is 2.33. The molecule has 4 rings (SSSR count). The Morgan fingerprint density at radius 3 is 2.26 bits per heavy atom. The van der Waals surface area contributed by atoms with Gasteiger partial charge in [-0.05, 0) is 61.7 Å². The first-order valence-corrected chi connectivity index (χ1v) is 14.1. The lowest BCUT2D eigenvalue weighted by atomic mass is 10.00. The Bertz CT molecular complexity index is 1380. The molecule has 2 amide bonds. The number of hydrogen-bond acceptors (Lipinski definition) is 6. The summed E-state index contributed by atoms with van der Waals surface area (Å²) in [5, 5.41) is 9.55. The molecule has 0 atom stereocenters. The summed E-state index contributed by atoms with van der Waals surface area (Å²) in [7, 11) is -3.55. The van der Waals surface area contributed by atoms with E-state index in [-0.39, 0.29) is 25.0 Å². The average molecular weight is 534 g/mol. The van der Waals surface area contributed by atoms with Crippen LogP contribution in [0.1, 0.15) is 37.5 Å². The standard InChI is InChI=1S/C29H32N3O5P/c1-4-36-38(35,37-5-2)24-15-16-26-25(19-24)27(29(34)32-26)28(22-9-7-6-8-10-22)31-23-13-11-21(12-14-23)17-18-30-20(3)33/h6-16,19,31H,4-5,17-18H2,1-3H3,(H,30,33)(H,32,34)/b28-27-. The highest BCUT2D eigenvalue weighted by Crippen LogP contribution is 2.48. The van der Waals surface area contributed by atoms with Crippen molar-refractivity contribution in [1.82, 2.24) is 5.32 Å². The van der Waals surface area contributed by atoms with Crippen LogP contribution in [0.3, 0.4) is 0 Å². The van der Waals surface area contributed by atoms with Gasteiger partial charge in [0.25, 0.3) is 5.91 Å². The summed E-state index contributed by atoms with van der Waals surface area (Å²) < 4.78 is 24.6. The second-order valence-electron chi connectivity index (χ2n) is 8.69. The van der Waals surface area contributed by atoms with Crippen LogP contribution in [0.5, 0.6) is 0 Å². The Morgan fingerprint density at radius 2 is 1.63 bits per heavy atom. The third kappa shape index (κ3) is 6.22. The Kier molecular flexibility index (Phi) is 8.79. The largest absolute Gasteiger partial charge is 0.361 e. The van der Waals surface area contributed by atoms with Gasteiger partial charge in [-0.1, -0.05) is 42.5 Å². The van der Waals surface area contributed by atoms with E-state index in [1.54, 1.807) is 32.0 Å². The smallest absolute Gasteiger partial charge is 0.356 e. The Morgan fingerprint density at radius 1 is 0.947 bits per heavy atom. The van der Waals surface area contributed by atoms with Gasteiger partial charge in [0.1, 0.15) is 0 Å². The maximum absolute atomic E-state index is 13.5. The molecule has 0 spiro atoms. The van der Waals surface area contributed by atoms with Crippen LogP contribution < -0.4 is 21.3 Å². The van der Waals surface area contributed by atoms with Crippen molar-refractivity contribution in [2.45, 2.75) is 27.2 Å². The molecule has 1 aliphatic heterocycles. The molecule has 3 aromatic rings. The zero-order valence-corrected chi connectivity index (χ0v) is 22.6. The third-order valence-electron chi connectivity index (χ3n) is 5.99. The number of rotatable bonds is 11. The number of fused-ring (bicyclic) bond motifs is 1. The lowest BCUT2D eigenvalue weighted by Gasteiger charge is -2.18. The summed E-state index contributed by atoms with van der Waals surface area (Å²) in [6, 6.07) is 22.5. The van der Waals surface area contributed by atoms with Crippen LogP contribution in [0.2, 0.25) is 0 Å². The molecule has 0 radical (unpaired) electrons. The van der Waals surface area contributed by atoms with Gasteiger partial charge in [-0.25, -0.2) is 0 Å². The monoisotopic (exact) mass is 533 g/mol. The van der Waals surface area contributed by atoms with Gasteiger partial charge in [-0.2, -0.15) is 0 Å². The maximum Gasteiger partial charge on any atom is 0.361 e. The summed E-state index contributed by atoms with van der Waals surface area (Å²) in [6.07, 6.45) is 0.713. The fourth-order valence-electron chi connectivity index (χ4n) is 4.27. The zero-order chi connectivity index (χ0) is 27.1. The van der Waals surface area contributed by atoms with Gasteiger partial charge in [-0.3, -0.25) is 14.2 Å². The molecule has 1 heterocycles.